The van der Waals surface area contributed by atoms with Gasteiger partial charge in [-0.1, -0.05) is 46.8 Å². The summed E-state index contributed by atoms with van der Waals surface area (Å²) < 4.78 is 0. The second kappa shape index (κ2) is 7.11. The second-order valence-electron chi connectivity index (χ2n) is 14.6. The Kier molecular flexibility index (Phi) is 5.15. The molecule has 0 bridgehead atoms. The summed E-state index contributed by atoms with van der Waals surface area (Å²) >= 11 is 0. The lowest BCUT2D eigenvalue weighted by atomic mass is 9.32. The number of fused-ring (bicyclic) bond motifs is 7. The van der Waals surface area contributed by atoms with Crippen LogP contribution in [0.15, 0.2) is 12.2 Å². The molecule has 0 aromatic heterocycles. The number of nitrogens with two attached hydrogens (primary N) is 1. The highest BCUT2D eigenvalue weighted by Gasteiger charge is 2.71. The van der Waals surface area contributed by atoms with Gasteiger partial charge >= 0.3 is 5.97 Å². The van der Waals surface area contributed by atoms with Crippen molar-refractivity contribution < 1.29 is 9.90 Å². The smallest absolute Gasteiger partial charge is 0.309 e. The highest BCUT2D eigenvalue weighted by Crippen LogP contribution is 2.77. The van der Waals surface area contributed by atoms with E-state index < -0.39 is 11.4 Å². The Hall–Kier alpha value is -0.830. The number of rotatable bonds is 2. The summed E-state index contributed by atoms with van der Waals surface area (Å²) in [4.78, 5) is 12.8. The minimum absolute atomic E-state index is 0.202. The van der Waals surface area contributed by atoms with E-state index >= 15 is 0 Å². The summed E-state index contributed by atoms with van der Waals surface area (Å²) in [5, 5.41) is 10.5. The molecule has 0 aromatic rings. The SMILES string of the molecule is C=C(C)C1CC[C@]2(C(=O)O)CC[C@]3(C)C(CCC4[C@@]5(C)CC[C@H](N)C(C)(C)C5CC[C@]43C)C12. The molecule has 3 nitrogen and oxygen atoms in total. The maximum Gasteiger partial charge on any atom is 0.309 e. The molecule has 5 fully saturated rings. The highest BCUT2D eigenvalue weighted by molar-refractivity contribution is 5.76. The maximum atomic E-state index is 12.8. The molecule has 0 aromatic carbocycles. The van der Waals surface area contributed by atoms with Crippen molar-refractivity contribution >= 4 is 5.97 Å². The molecule has 3 heteroatoms. The van der Waals surface area contributed by atoms with Gasteiger partial charge in [-0.25, -0.2) is 0 Å². The van der Waals surface area contributed by atoms with Crippen LogP contribution in [0.25, 0.3) is 0 Å². The third-order valence-electron chi connectivity index (χ3n) is 13.6. The van der Waals surface area contributed by atoms with Crippen LogP contribution in [0.3, 0.4) is 0 Å². The number of aliphatic carboxylic acids is 1. The van der Waals surface area contributed by atoms with E-state index in [1.165, 1.54) is 37.7 Å². The van der Waals surface area contributed by atoms with E-state index in [-0.39, 0.29) is 22.2 Å². The van der Waals surface area contributed by atoms with Crippen molar-refractivity contribution in [3.05, 3.63) is 12.2 Å². The third kappa shape index (κ3) is 2.75. The van der Waals surface area contributed by atoms with E-state index in [0.717, 1.165) is 38.0 Å². The first-order valence-electron chi connectivity index (χ1n) is 13.9. The molecule has 5 aliphatic carbocycles. The van der Waals surface area contributed by atoms with Gasteiger partial charge in [-0.05, 0) is 122 Å². The number of allylic oxidation sites excluding steroid dienone is 1. The highest BCUT2D eigenvalue weighted by atomic mass is 16.4. The molecular formula is C30H49NO2. The fourth-order valence-corrected chi connectivity index (χ4v) is 11.5. The lowest BCUT2D eigenvalue weighted by Crippen LogP contribution is -2.67. The average molecular weight is 456 g/mol. The van der Waals surface area contributed by atoms with Gasteiger partial charge in [0.25, 0.3) is 0 Å². The number of hydrogen-bond donors (Lipinski definition) is 2. The van der Waals surface area contributed by atoms with Gasteiger partial charge in [0.1, 0.15) is 0 Å². The summed E-state index contributed by atoms with van der Waals surface area (Å²) in [5.74, 6) is 2.05. The standard InChI is InChI=1S/C30H49NO2/c1-18(2)19-10-15-30(25(32)33)17-16-28(6)20(24(19)30)8-9-22-27(5)13-12-23(31)26(3,4)21(27)11-14-29(22,28)7/h19-24H,1,8-17,31H2,2-7H3,(H,32,33)/t19?,20?,21?,22?,23-,24?,27-,28+,29+,30-/m0/s1. The average Bonchev–Trinajstić information content (AvgIpc) is 3.13. The van der Waals surface area contributed by atoms with Crippen LogP contribution in [0.4, 0.5) is 0 Å². The van der Waals surface area contributed by atoms with E-state index in [4.69, 9.17) is 5.73 Å². The van der Waals surface area contributed by atoms with Gasteiger partial charge in [0.05, 0.1) is 5.41 Å². The third-order valence-corrected chi connectivity index (χ3v) is 13.6. The minimum atomic E-state index is -0.524. The molecule has 10 atom stereocenters. The first-order valence-corrected chi connectivity index (χ1v) is 13.9. The fraction of sp³-hybridized carbons (Fsp3) is 0.900. The first kappa shape index (κ1) is 23.9. The molecule has 0 saturated heterocycles. The quantitative estimate of drug-likeness (QED) is 0.438. The van der Waals surface area contributed by atoms with Gasteiger partial charge in [0.15, 0.2) is 0 Å². The number of carbonyl (C=O) groups is 1. The normalized spacial score (nSPS) is 55.0. The van der Waals surface area contributed by atoms with Gasteiger partial charge in [0, 0.05) is 6.04 Å². The van der Waals surface area contributed by atoms with Crippen LogP contribution >= 0.6 is 0 Å². The van der Waals surface area contributed by atoms with Gasteiger partial charge in [0.2, 0.25) is 0 Å². The van der Waals surface area contributed by atoms with E-state index in [0.29, 0.717) is 29.2 Å². The topological polar surface area (TPSA) is 63.3 Å². The zero-order valence-corrected chi connectivity index (χ0v) is 22.2. The van der Waals surface area contributed by atoms with E-state index in [9.17, 15) is 9.90 Å². The van der Waals surface area contributed by atoms with Crippen LogP contribution in [0.5, 0.6) is 0 Å². The molecule has 5 aliphatic rings. The molecule has 5 saturated carbocycles. The van der Waals surface area contributed by atoms with Crippen molar-refractivity contribution in [2.75, 3.05) is 0 Å². The summed E-state index contributed by atoms with van der Waals surface area (Å²) in [7, 11) is 0. The summed E-state index contributed by atoms with van der Waals surface area (Å²) in [6.07, 6.45) is 11.3. The molecule has 0 spiro atoms. The molecule has 0 amide bonds. The van der Waals surface area contributed by atoms with Gasteiger partial charge in [-0.3, -0.25) is 4.79 Å². The minimum Gasteiger partial charge on any atom is -0.481 e. The van der Waals surface area contributed by atoms with E-state index in [2.05, 4.69) is 48.1 Å². The largest absolute Gasteiger partial charge is 0.481 e. The second-order valence-corrected chi connectivity index (χ2v) is 14.6. The molecule has 5 rings (SSSR count). The summed E-state index contributed by atoms with van der Waals surface area (Å²) in [6, 6.07) is 0.313. The van der Waals surface area contributed by atoms with Crippen LogP contribution < -0.4 is 5.73 Å². The van der Waals surface area contributed by atoms with Crippen LogP contribution in [0, 0.1) is 56.7 Å². The van der Waals surface area contributed by atoms with Gasteiger partial charge in [-0.2, -0.15) is 0 Å². The molecule has 3 N–H and O–H groups in total. The van der Waals surface area contributed by atoms with Gasteiger partial charge in [-0.15, -0.1) is 0 Å². The predicted octanol–water partition coefficient (Wildman–Crippen LogP) is 7.06. The Morgan fingerprint density at radius 1 is 0.848 bits per heavy atom. The number of hydrogen-bond acceptors (Lipinski definition) is 2. The lowest BCUT2D eigenvalue weighted by molar-refractivity contribution is -0.239. The summed E-state index contributed by atoms with van der Waals surface area (Å²) in [6.45, 7) is 19.2. The van der Waals surface area contributed by atoms with Crippen LogP contribution in [-0.4, -0.2) is 17.1 Å². The zero-order valence-electron chi connectivity index (χ0n) is 22.2. The Labute approximate surface area is 202 Å². The van der Waals surface area contributed by atoms with Crippen LogP contribution in [0.1, 0.15) is 106 Å². The molecular weight excluding hydrogens is 406 g/mol. The summed E-state index contributed by atoms with van der Waals surface area (Å²) in [5.41, 5.74) is 8.45. The molecule has 0 radical (unpaired) electrons. The van der Waals surface area contributed by atoms with Crippen molar-refractivity contribution in [1.29, 1.82) is 0 Å². The van der Waals surface area contributed by atoms with E-state index in [1.807, 2.05) is 0 Å². The van der Waals surface area contributed by atoms with Crippen molar-refractivity contribution in [2.24, 2.45) is 62.4 Å². The molecule has 33 heavy (non-hydrogen) atoms. The first-order chi connectivity index (χ1) is 15.3. The Bertz CT molecular complexity index is 863. The molecule has 186 valence electrons. The van der Waals surface area contributed by atoms with Crippen molar-refractivity contribution in [3.8, 4) is 0 Å². The monoisotopic (exact) mass is 455 g/mol. The van der Waals surface area contributed by atoms with Crippen molar-refractivity contribution in [3.63, 3.8) is 0 Å². The molecule has 0 aliphatic heterocycles. The van der Waals surface area contributed by atoms with E-state index in [1.54, 1.807) is 0 Å². The number of carboxylic acid groups (broad SMARTS) is 1. The molecule has 5 unspecified atom stereocenters. The van der Waals surface area contributed by atoms with Crippen LogP contribution in [0.2, 0.25) is 0 Å². The number of carboxylic acids is 1. The predicted molar refractivity (Wildman–Crippen MR) is 135 cm³/mol. The molecule has 0 heterocycles. The van der Waals surface area contributed by atoms with Crippen molar-refractivity contribution in [2.45, 2.75) is 112 Å². The maximum absolute atomic E-state index is 12.8. The Morgan fingerprint density at radius 2 is 1.55 bits per heavy atom. The Balaban J connectivity index is 1.57. The Morgan fingerprint density at radius 3 is 2.18 bits per heavy atom. The van der Waals surface area contributed by atoms with Crippen molar-refractivity contribution in [1.82, 2.24) is 0 Å². The lowest BCUT2D eigenvalue weighted by Gasteiger charge is -2.72. The zero-order chi connectivity index (χ0) is 24.2. The fourth-order valence-electron chi connectivity index (χ4n) is 11.5. The van der Waals surface area contributed by atoms with Gasteiger partial charge < -0.3 is 10.8 Å². The van der Waals surface area contributed by atoms with Crippen LogP contribution in [-0.2, 0) is 4.79 Å².